The van der Waals surface area contributed by atoms with Gasteiger partial charge < -0.3 is 5.11 Å². The summed E-state index contributed by atoms with van der Waals surface area (Å²) >= 11 is 11.9. The lowest BCUT2D eigenvalue weighted by atomic mass is 10.1. The molecule has 0 radical (unpaired) electrons. The van der Waals surface area contributed by atoms with Gasteiger partial charge in [0.2, 0.25) is 0 Å². The maximum absolute atomic E-state index is 12.9. The number of carbonyl (C=O) groups is 1. The summed E-state index contributed by atoms with van der Waals surface area (Å²) in [5.41, 5.74) is 1.27. The van der Waals surface area contributed by atoms with Gasteiger partial charge >= 0.3 is 5.97 Å². The van der Waals surface area contributed by atoms with Crippen molar-refractivity contribution in [3.63, 3.8) is 0 Å². The molecule has 1 aliphatic rings. The van der Waals surface area contributed by atoms with Crippen molar-refractivity contribution in [3.05, 3.63) is 57.6 Å². The van der Waals surface area contributed by atoms with E-state index in [9.17, 15) is 13.2 Å². The van der Waals surface area contributed by atoms with Gasteiger partial charge in [0.15, 0.2) is 0 Å². The van der Waals surface area contributed by atoms with E-state index in [1.807, 2.05) is 0 Å². The highest BCUT2D eigenvalue weighted by Crippen LogP contribution is 2.36. The van der Waals surface area contributed by atoms with Crippen LogP contribution in [0.3, 0.4) is 0 Å². The zero-order valence-corrected chi connectivity index (χ0v) is 14.0. The van der Waals surface area contributed by atoms with Gasteiger partial charge in [0, 0.05) is 11.6 Å². The highest BCUT2D eigenvalue weighted by molar-refractivity contribution is 7.93. The predicted octanol–water partition coefficient (Wildman–Crippen LogP) is 3.44. The second kappa shape index (κ2) is 5.70. The van der Waals surface area contributed by atoms with Gasteiger partial charge in [0.05, 0.1) is 16.3 Å². The van der Waals surface area contributed by atoms with Crippen LogP contribution in [0.2, 0.25) is 10.0 Å². The first-order valence-electron chi connectivity index (χ1n) is 6.65. The summed E-state index contributed by atoms with van der Waals surface area (Å²) in [7, 11) is -3.87. The maximum Gasteiger partial charge on any atom is 0.335 e. The number of hydrogen-bond acceptors (Lipinski definition) is 3. The van der Waals surface area contributed by atoms with E-state index < -0.39 is 16.0 Å². The minimum Gasteiger partial charge on any atom is -0.478 e. The van der Waals surface area contributed by atoms with Crippen molar-refractivity contribution in [1.82, 2.24) is 0 Å². The summed E-state index contributed by atoms with van der Waals surface area (Å²) < 4.78 is 26.9. The third-order valence-electron chi connectivity index (χ3n) is 3.64. The second-order valence-electron chi connectivity index (χ2n) is 5.05. The summed E-state index contributed by atoms with van der Waals surface area (Å²) in [4.78, 5) is 11.0. The normalized spacial score (nSPS) is 13.9. The molecule has 0 saturated carbocycles. The molecule has 0 aliphatic carbocycles. The Morgan fingerprint density at radius 1 is 1.13 bits per heavy atom. The number of hydrogen-bond donors (Lipinski definition) is 1. The molecule has 0 bridgehead atoms. The van der Waals surface area contributed by atoms with Crippen LogP contribution in [0.1, 0.15) is 15.9 Å². The molecule has 5 nitrogen and oxygen atoms in total. The third-order valence-corrected chi connectivity index (χ3v) is 6.17. The molecule has 0 fully saturated rings. The fraction of sp³-hybridized carbons (Fsp3) is 0.133. The van der Waals surface area contributed by atoms with Crippen molar-refractivity contribution >= 4 is 44.9 Å². The number of nitrogens with zero attached hydrogens (tertiary/aromatic N) is 1. The number of anilines is 1. The van der Waals surface area contributed by atoms with Gasteiger partial charge in [-0.2, -0.15) is 0 Å². The zero-order valence-electron chi connectivity index (χ0n) is 11.7. The first-order valence-corrected chi connectivity index (χ1v) is 8.84. The molecular formula is C15H11Cl2NO4S. The molecule has 0 amide bonds. The van der Waals surface area contributed by atoms with Crippen LogP contribution in [0.4, 0.5) is 5.69 Å². The fourth-order valence-electron chi connectivity index (χ4n) is 2.55. The summed E-state index contributed by atoms with van der Waals surface area (Å²) in [6.07, 6.45) is 0.438. The fourth-order valence-corrected chi connectivity index (χ4v) is 4.79. The average molecular weight is 372 g/mol. The van der Waals surface area contributed by atoms with Crippen molar-refractivity contribution in [3.8, 4) is 0 Å². The average Bonchev–Trinajstić information content (AvgIpc) is 2.93. The molecule has 2 aromatic carbocycles. The van der Waals surface area contributed by atoms with Crippen molar-refractivity contribution in [1.29, 1.82) is 0 Å². The third kappa shape index (κ3) is 2.78. The quantitative estimate of drug-likeness (QED) is 0.896. The molecule has 1 aliphatic heterocycles. The molecule has 0 spiro atoms. The van der Waals surface area contributed by atoms with E-state index >= 15 is 0 Å². The summed E-state index contributed by atoms with van der Waals surface area (Å²) in [5.74, 6) is -1.05. The Hall–Kier alpha value is -1.76. The van der Waals surface area contributed by atoms with Crippen LogP contribution in [0.15, 0.2) is 41.3 Å². The van der Waals surface area contributed by atoms with E-state index in [4.69, 9.17) is 28.3 Å². The van der Waals surface area contributed by atoms with Crippen molar-refractivity contribution in [2.24, 2.45) is 0 Å². The Kier molecular flexibility index (Phi) is 4.00. The van der Waals surface area contributed by atoms with Crippen LogP contribution in [0, 0.1) is 0 Å². The molecule has 1 N–H and O–H groups in total. The molecule has 0 unspecified atom stereocenters. The second-order valence-corrected chi connectivity index (χ2v) is 7.72. The standard InChI is InChI=1S/C15H11Cl2NO4S/c16-11-2-3-12(17)14(8-11)23(21,22)18-6-5-9-7-10(15(19)20)1-4-13(9)18/h1-4,7-8H,5-6H2,(H,19,20). The SMILES string of the molecule is O=C(O)c1ccc2c(c1)CCN2S(=O)(=O)c1cc(Cl)ccc1Cl. The van der Waals surface area contributed by atoms with E-state index in [0.29, 0.717) is 17.7 Å². The number of aromatic carboxylic acids is 1. The molecule has 0 atom stereocenters. The molecule has 2 aromatic rings. The molecular weight excluding hydrogens is 361 g/mol. The summed E-state index contributed by atoms with van der Waals surface area (Å²) in [5, 5.41) is 9.38. The van der Waals surface area contributed by atoms with Crippen LogP contribution in [0.25, 0.3) is 0 Å². The highest BCUT2D eigenvalue weighted by Gasteiger charge is 2.32. The molecule has 0 saturated heterocycles. The van der Waals surface area contributed by atoms with Crippen LogP contribution in [0.5, 0.6) is 0 Å². The van der Waals surface area contributed by atoms with E-state index in [1.165, 1.54) is 40.7 Å². The van der Waals surface area contributed by atoms with Gasteiger partial charge in [0.25, 0.3) is 10.0 Å². The number of sulfonamides is 1. The molecule has 8 heteroatoms. The van der Waals surface area contributed by atoms with Gasteiger partial charge in [0.1, 0.15) is 4.90 Å². The molecule has 23 heavy (non-hydrogen) atoms. The number of carboxylic acid groups (broad SMARTS) is 1. The molecule has 0 aromatic heterocycles. The zero-order chi connectivity index (χ0) is 16.8. The maximum atomic E-state index is 12.9. The van der Waals surface area contributed by atoms with E-state index in [1.54, 1.807) is 0 Å². The first kappa shape index (κ1) is 16.1. The van der Waals surface area contributed by atoms with E-state index in [-0.39, 0.29) is 27.0 Å². The van der Waals surface area contributed by atoms with Crippen molar-refractivity contribution in [2.75, 3.05) is 10.8 Å². The van der Waals surface area contributed by atoms with Crippen molar-refractivity contribution in [2.45, 2.75) is 11.3 Å². The predicted molar refractivity (Wildman–Crippen MR) is 88.1 cm³/mol. The molecule has 1 heterocycles. The highest BCUT2D eigenvalue weighted by atomic mass is 35.5. The Morgan fingerprint density at radius 3 is 2.57 bits per heavy atom. The Bertz CT molecular complexity index is 912. The lowest BCUT2D eigenvalue weighted by Crippen LogP contribution is -2.29. The molecule has 120 valence electrons. The van der Waals surface area contributed by atoms with Crippen LogP contribution < -0.4 is 4.31 Å². The first-order chi connectivity index (χ1) is 10.8. The van der Waals surface area contributed by atoms with Gasteiger partial charge in [-0.05, 0) is 48.4 Å². The van der Waals surface area contributed by atoms with Crippen LogP contribution in [-0.2, 0) is 16.4 Å². The Balaban J connectivity index is 2.08. The lowest BCUT2D eigenvalue weighted by molar-refractivity contribution is 0.0697. The van der Waals surface area contributed by atoms with Crippen LogP contribution >= 0.6 is 23.2 Å². The van der Waals surface area contributed by atoms with E-state index in [0.717, 1.165) is 0 Å². The summed E-state index contributed by atoms with van der Waals surface area (Å²) in [6, 6.07) is 8.63. The van der Waals surface area contributed by atoms with Gasteiger partial charge in [-0.25, -0.2) is 13.2 Å². The van der Waals surface area contributed by atoms with Gasteiger partial charge in [-0.1, -0.05) is 23.2 Å². The Labute approximate surface area is 143 Å². The summed E-state index contributed by atoms with van der Waals surface area (Å²) in [6.45, 7) is 0.226. The smallest absolute Gasteiger partial charge is 0.335 e. The van der Waals surface area contributed by atoms with Crippen LogP contribution in [-0.4, -0.2) is 26.0 Å². The minimum absolute atomic E-state index is 0.0678. The van der Waals surface area contributed by atoms with Crippen molar-refractivity contribution < 1.29 is 18.3 Å². The molecule has 3 rings (SSSR count). The largest absolute Gasteiger partial charge is 0.478 e. The number of benzene rings is 2. The number of halogens is 2. The monoisotopic (exact) mass is 371 g/mol. The number of rotatable bonds is 3. The minimum atomic E-state index is -3.87. The van der Waals surface area contributed by atoms with Gasteiger partial charge in [-0.3, -0.25) is 4.31 Å². The number of fused-ring (bicyclic) bond motifs is 1. The number of carboxylic acids is 1. The van der Waals surface area contributed by atoms with E-state index in [2.05, 4.69) is 0 Å². The Morgan fingerprint density at radius 2 is 1.87 bits per heavy atom. The lowest BCUT2D eigenvalue weighted by Gasteiger charge is -2.20. The van der Waals surface area contributed by atoms with Gasteiger partial charge in [-0.15, -0.1) is 0 Å². The topological polar surface area (TPSA) is 74.7 Å².